The van der Waals surface area contributed by atoms with E-state index in [0.717, 1.165) is 23.8 Å². The fourth-order valence-corrected chi connectivity index (χ4v) is 6.37. The summed E-state index contributed by atoms with van der Waals surface area (Å²) in [6.45, 7) is 8.29. The number of unbranched alkanes of at least 4 members (excludes halogenated alkanes) is 1. The summed E-state index contributed by atoms with van der Waals surface area (Å²) < 4.78 is 6.18. The van der Waals surface area contributed by atoms with E-state index in [0.29, 0.717) is 0 Å². The Kier molecular flexibility index (Phi) is 6.91. The number of aliphatic carboxylic acids is 1. The number of β-lactam (4-membered cyclic amide) rings is 1. The van der Waals surface area contributed by atoms with Crippen LogP contribution in [0.2, 0.25) is 19.1 Å². The Morgan fingerprint density at radius 1 is 1.50 bits per heavy atom. The van der Waals surface area contributed by atoms with Gasteiger partial charge in [0.25, 0.3) is 0 Å². The summed E-state index contributed by atoms with van der Waals surface area (Å²) >= 11 is 1.37. The maximum atomic E-state index is 12.2. The molecule has 0 spiro atoms. The van der Waals surface area contributed by atoms with E-state index in [1.165, 1.54) is 11.8 Å². The molecule has 0 aromatic carbocycles. The molecule has 1 amide bonds. The third-order valence-electron chi connectivity index (χ3n) is 3.99. The van der Waals surface area contributed by atoms with Gasteiger partial charge in [-0.25, -0.2) is 4.79 Å². The molecule has 4 unspecified atom stereocenters. The Morgan fingerprint density at radius 2 is 2.09 bits per heavy atom. The topological polar surface area (TPSA) is 87.1 Å². The fourth-order valence-electron chi connectivity index (χ4n) is 2.82. The molecule has 1 fully saturated rings. The van der Waals surface area contributed by atoms with Crippen molar-refractivity contribution in [3.8, 4) is 0 Å². The molecule has 0 bridgehead atoms. The maximum absolute atomic E-state index is 12.2. The Bertz CT molecular complexity index is 420. The van der Waals surface area contributed by atoms with Gasteiger partial charge < -0.3 is 14.6 Å². The number of carboxylic acid groups (broad SMARTS) is 1. The highest BCUT2D eigenvalue weighted by atomic mass is 32.2. The molecule has 1 rings (SSSR count). The number of hydrogen-bond donors (Lipinski definition) is 2. The van der Waals surface area contributed by atoms with E-state index in [1.807, 2.05) is 6.92 Å². The number of aliphatic hydroxyl groups excluding tert-OH is 1. The molecule has 0 aliphatic carbocycles. The van der Waals surface area contributed by atoms with E-state index < -0.39 is 26.4 Å². The first-order chi connectivity index (χ1) is 10.2. The van der Waals surface area contributed by atoms with Crippen molar-refractivity contribution in [1.29, 1.82) is 0 Å². The van der Waals surface area contributed by atoms with E-state index in [-0.39, 0.29) is 17.4 Å². The highest BCUT2D eigenvalue weighted by molar-refractivity contribution is 7.99. The normalized spacial score (nSPS) is 24.8. The molecular formula is C14H27NO5SSi. The molecular weight excluding hydrogens is 322 g/mol. The molecule has 6 nitrogen and oxygen atoms in total. The van der Waals surface area contributed by atoms with Crippen LogP contribution in [0.4, 0.5) is 0 Å². The van der Waals surface area contributed by atoms with E-state index in [2.05, 4.69) is 20.0 Å². The number of carbonyl (C=O) groups is 2. The van der Waals surface area contributed by atoms with Crippen molar-refractivity contribution in [2.75, 3.05) is 6.26 Å². The van der Waals surface area contributed by atoms with Crippen molar-refractivity contribution >= 4 is 32.0 Å². The summed E-state index contributed by atoms with van der Waals surface area (Å²) in [6, 6.07) is 1.04. The molecule has 22 heavy (non-hydrogen) atoms. The lowest BCUT2D eigenvalue weighted by atomic mass is 9.92. The van der Waals surface area contributed by atoms with Gasteiger partial charge in [0.15, 0.2) is 8.32 Å². The van der Waals surface area contributed by atoms with Crippen molar-refractivity contribution in [2.24, 2.45) is 5.92 Å². The molecule has 0 saturated carbocycles. The number of rotatable bonds is 9. The van der Waals surface area contributed by atoms with Gasteiger partial charge >= 0.3 is 5.97 Å². The first kappa shape index (κ1) is 19.5. The molecule has 1 saturated heterocycles. The van der Waals surface area contributed by atoms with Gasteiger partial charge in [-0.15, -0.1) is 11.8 Å². The van der Waals surface area contributed by atoms with Gasteiger partial charge in [-0.1, -0.05) is 19.8 Å². The molecule has 128 valence electrons. The Labute approximate surface area is 137 Å². The smallest absolute Gasteiger partial charge is 0.354 e. The van der Waals surface area contributed by atoms with Crippen LogP contribution in [-0.2, 0) is 14.0 Å². The van der Waals surface area contributed by atoms with E-state index in [1.54, 1.807) is 6.26 Å². The maximum Gasteiger partial charge on any atom is 0.354 e. The minimum absolute atomic E-state index is 0.263. The van der Waals surface area contributed by atoms with Gasteiger partial charge in [0.1, 0.15) is 0 Å². The number of thioether (sulfide) groups is 1. The van der Waals surface area contributed by atoms with Crippen LogP contribution >= 0.6 is 11.8 Å². The van der Waals surface area contributed by atoms with Gasteiger partial charge in [0.2, 0.25) is 12.1 Å². The minimum Gasteiger partial charge on any atom is -0.478 e. The summed E-state index contributed by atoms with van der Waals surface area (Å²) in [4.78, 5) is 24.2. The average Bonchev–Trinajstić information content (AvgIpc) is 2.41. The van der Waals surface area contributed by atoms with Crippen LogP contribution in [0.1, 0.15) is 26.7 Å². The zero-order valence-corrected chi connectivity index (χ0v) is 15.7. The molecule has 1 heterocycles. The largest absolute Gasteiger partial charge is 0.478 e. The van der Waals surface area contributed by atoms with Gasteiger partial charge in [0.05, 0.1) is 17.4 Å². The van der Waals surface area contributed by atoms with Crippen molar-refractivity contribution in [1.82, 2.24) is 4.90 Å². The minimum atomic E-state index is -1.83. The first-order valence-corrected chi connectivity index (χ1v) is 12.0. The summed E-state index contributed by atoms with van der Waals surface area (Å²) in [5.41, 5.74) is 0. The van der Waals surface area contributed by atoms with Crippen LogP contribution in [0.5, 0.6) is 0 Å². The van der Waals surface area contributed by atoms with Gasteiger partial charge in [-0.3, -0.25) is 9.69 Å². The number of nitrogens with zero attached hydrogens (tertiary/aromatic N) is 1. The number of likely N-dealkylation sites (tertiary alicyclic amines) is 1. The third-order valence-corrected chi connectivity index (χ3v) is 7.56. The van der Waals surface area contributed by atoms with Crippen molar-refractivity contribution < 1.29 is 24.2 Å². The molecule has 1 aliphatic rings. The monoisotopic (exact) mass is 349 g/mol. The second kappa shape index (κ2) is 7.81. The Hall–Kier alpha value is -0.573. The predicted octanol–water partition coefficient (Wildman–Crippen LogP) is 1.95. The second-order valence-corrected chi connectivity index (χ2v) is 11.5. The lowest BCUT2D eigenvalue weighted by molar-refractivity contribution is -0.185. The van der Waals surface area contributed by atoms with Crippen LogP contribution in [0.3, 0.4) is 0 Å². The molecule has 4 atom stereocenters. The van der Waals surface area contributed by atoms with Crippen molar-refractivity contribution in [3.63, 3.8) is 0 Å². The molecule has 0 aromatic heterocycles. The number of carboxylic acids is 1. The highest BCUT2D eigenvalue weighted by Crippen LogP contribution is 2.39. The fraction of sp³-hybridized carbons (Fsp3) is 0.857. The lowest BCUT2D eigenvalue weighted by Crippen LogP contribution is -2.68. The summed E-state index contributed by atoms with van der Waals surface area (Å²) in [6.07, 6.45) is 1.99. The Balaban J connectivity index is 2.72. The third kappa shape index (κ3) is 4.24. The number of amides is 1. The molecule has 8 heteroatoms. The SMILES string of the molecule is CCCC[Si](C)(C)OC(C)C1C(=O)N(C(O)C(=O)O)C1SC. The summed E-state index contributed by atoms with van der Waals surface area (Å²) in [5, 5.41) is 18.1. The first-order valence-electron chi connectivity index (χ1n) is 7.60. The van der Waals surface area contributed by atoms with Gasteiger partial charge in [0, 0.05) is 0 Å². The lowest BCUT2D eigenvalue weighted by Gasteiger charge is -2.50. The van der Waals surface area contributed by atoms with Crippen LogP contribution in [0.15, 0.2) is 0 Å². The second-order valence-electron chi connectivity index (χ2n) is 6.30. The standard InChI is InChI=1S/C14H27NO5SSi/c1-6-7-8-22(4,5)20-9(2)10-11(16)15(13(10)21-3)12(17)14(18)19/h9-10,12-13,17H,6-8H2,1-5H3,(H,18,19). The van der Waals surface area contributed by atoms with Crippen LogP contribution in [0.25, 0.3) is 0 Å². The van der Waals surface area contributed by atoms with Gasteiger partial charge in [-0.05, 0) is 32.3 Å². The average molecular weight is 350 g/mol. The van der Waals surface area contributed by atoms with E-state index >= 15 is 0 Å². The molecule has 2 N–H and O–H groups in total. The number of carbonyl (C=O) groups excluding carboxylic acids is 1. The molecule has 0 radical (unpaired) electrons. The molecule has 1 aliphatic heterocycles. The molecule has 0 aromatic rings. The highest BCUT2D eigenvalue weighted by Gasteiger charge is 2.54. The van der Waals surface area contributed by atoms with Gasteiger partial charge in [-0.2, -0.15) is 0 Å². The number of aliphatic hydroxyl groups is 1. The van der Waals surface area contributed by atoms with Crippen LogP contribution < -0.4 is 0 Å². The summed E-state index contributed by atoms with van der Waals surface area (Å²) in [7, 11) is -1.83. The zero-order valence-electron chi connectivity index (χ0n) is 13.9. The van der Waals surface area contributed by atoms with Crippen molar-refractivity contribution in [2.45, 2.75) is 63.5 Å². The van der Waals surface area contributed by atoms with E-state index in [4.69, 9.17) is 9.53 Å². The quantitative estimate of drug-likeness (QED) is 0.489. The summed E-state index contributed by atoms with van der Waals surface area (Å²) in [5.74, 6) is -2.14. The van der Waals surface area contributed by atoms with E-state index in [9.17, 15) is 14.7 Å². The Morgan fingerprint density at radius 3 is 2.55 bits per heavy atom. The van der Waals surface area contributed by atoms with Crippen molar-refractivity contribution in [3.05, 3.63) is 0 Å². The number of hydrogen-bond acceptors (Lipinski definition) is 5. The van der Waals surface area contributed by atoms with Crippen LogP contribution in [0, 0.1) is 5.92 Å². The predicted molar refractivity (Wildman–Crippen MR) is 89.0 cm³/mol. The zero-order chi connectivity index (χ0) is 17.1. The van der Waals surface area contributed by atoms with Crippen LogP contribution in [-0.4, -0.2) is 59.3 Å².